The molecule has 1 aromatic heterocycles. The van der Waals surface area contributed by atoms with Crippen LogP contribution in [0.25, 0.3) is 64.3 Å². The second kappa shape index (κ2) is 12.0. The Bertz CT molecular complexity index is 2560. The molecule has 9 rings (SSSR count). The fraction of sp³-hybridized carbons (Fsp3) is 0. The molecule has 0 atom stereocenters. The molecule has 0 N–H and O–H groups in total. The third kappa shape index (κ3) is 5.23. The maximum Gasteiger partial charge on any atom is 0.0476 e. The molecular weight excluding hydrogens is 599 g/mol. The summed E-state index contributed by atoms with van der Waals surface area (Å²) in [6, 6.07) is 68.2. The van der Waals surface area contributed by atoms with Gasteiger partial charge in [0, 0.05) is 37.2 Å². The van der Waals surface area contributed by atoms with E-state index in [4.69, 9.17) is 0 Å². The summed E-state index contributed by atoms with van der Waals surface area (Å²) in [6.45, 7) is 0. The quantitative estimate of drug-likeness (QED) is 0.177. The maximum absolute atomic E-state index is 2.39. The number of hydrogen-bond acceptors (Lipinski definition) is 2. The van der Waals surface area contributed by atoms with Crippen LogP contribution in [0.15, 0.2) is 188 Å². The monoisotopic (exact) mass is 629 g/mol. The minimum atomic E-state index is 1.12. The van der Waals surface area contributed by atoms with Gasteiger partial charge < -0.3 is 4.90 Å². The molecule has 0 aliphatic rings. The third-order valence-corrected chi connectivity index (χ3v) is 10.4. The van der Waals surface area contributed by atoms with Crippen LogP contribution >= 0.6 is 11.3 Å². The molecule has 0 saturated heterocycles. The standard InChI is InChI=1S/C46H31NS/c1-2-10-32(11-3-1)36-14-8-15-37(28-36)34-22-24-40(25-23-34)47(42-26-27-44-43-18-6-7-19-45(43)48-46(44)31-42)41-17-9-16-38(30-41)39-21-20-33-12-4-5-13-35(33)29-39/h1-31H. The van der Waals surface area contributed by atoms with Crippen molar-refractivity contribution in [1.82, 2.24) is 0 Å². The number of thiophene rings is 1. The van der Waals surface area contributed by atoms with Gasteiger partial charge in [-0.3, -0.25) is 0 Å². The second-order valence-corrected chi connectivity index (χ2v) is 13.3. The van der Waals surface area contributed by atoms with Gasteiger partial charge in [-0.1, -0.05) is 133 Å². The van der Waals surface area contributed by atoms with Crippen LogP contribution in [0.2, 0.25) is 0 Å². The van der Waals surface area contributed by atoms with Gasteiger partial charge in [0.15, 0.2) is 0 Å². The van der Waals surface area contributed by atoms with Gasteiger partial charge in [0.2, 0.25) is 0 Å². The number of anilines is 3. The summed E-state index contributed by atoms with van der Waals surface area (Å²) in [7, 11) is 0. The van der Waals surface area contributed by atoms with Crippen molar-refractivity contribution in [3.05, 3.63) is 188 Å². The van der Waals surface area contributed by atoms with Gasteiger partial charge in [-0.05, 0) is 98.8 Å². The van der Waals surface area contributed by atoms with Crippen molar-refractivity contribution in [2.45, 2.75) is 0 Å². The van der Waals surface area contributed by atoms with Crippen molar-refractivity contribution < 1.29 is 0 Å². The highest BCUT2D eigenvalue weighted by atomic mass is 32.1. The lowest BCUT2D eigenvalue weighted by atomic mass is 9.98. The van der Waals surface area contributed by atoms with Gasteiger partial charge in [0.1, 0.15) is 0 Å². The van der Waals surface area contributed by atoms with Crippen LogP contribution in [-0.2, 0) is 0 Å². The van der Waals surface area contributed by atoms with Crippen LogP contribution in [0, 0.1) is 0 Å². The molecular formula is C46H31NS. The Hall–Kier alpha value is -5.96. The van der Waals surface area contributed by atoms with E-state index in [1.807, 2.05) is 11.3 Å². The Morgan fingerprint density at radius 3 is 1.69 bits per heavy atom. The van der Waals surface area contributed by atoms with E-state index >= 15 is 0 Å². The summed E-state index contributed by atoms with van der Waals surface area (Å²) in [5, 5.41) is 5.12. The molecule has 1 heterocycles. The van der Waals surface area contributed by atoms with E-state index in [-0.39, 0.29) is 0 Å². The van der Waals surface area contributed by atoms with E-state index in [9.17, 15) is 0 Å². The summed E-state index contributed by atoms with van der Waals surface area (Å²) in [5.74, 6) is 0. The van der Waals surface area contributed by atoms with E-state index in [0.717, 1.165) is 17.1 Å². The Morgan fingerprint density at radius 1 is 0.292 bits per heavy atom. The molecule has 0 aliphatic carbocycles. The average molecular weight is 630 g/mol. The lowest BCUT2D eigenvalue weighted by Gasteiger charge is -2.26. The van der Waals surface area contributed by atoms with Gasteiger partial charge in [-0.2, -0.15) is 0 Å². The van der Waals surface area contributed by atoms with Crippen molar-refractivity contribution in [2.24, 2.45) is 0 Å². The molecule has 48 heavy (non-hydrogen) atoms. The first kappa shape index (κ1) is 28.3. The largest absolute Gasteiger partial charge is 0.310 e. The molecule has 0 amide bonds. The Balaban J connectivity index is 1.15. The van der Waals surface area contributed by atoms with Gasteiger partial charge >= 0.3 is 0 Å². The van der Waals surface area contributed by atoms with Gasteiger partial charge in [0.25, 0.3) is 0 Å². The second-order valence-electron chi connectivity index (χ2n) is 12.2. The van der Waals surface area contributed by atoms with E-state index < -0.39 is 0 Å². The zero-order valence-corrected chi connectivity index (χ0v) is 27.1. The molecule has 0 radical (unpaired) electrons. The number of hydrogen-bond donors (Lipinski definition) is 0. The summed E-state index contributed by atoms with van der Waals surface area (Å²) in [5.41, 5.74) is 10.6. The van der Waals surface area contributed by atoms with Crippen LogP contribution in [0.1, 0.15) is 0 Å². The summed E-state index contributed by atoms with van der Waals surface area (Å²) in [4.78, 5) is 2.39. The van der Waals surface area contributed by atoms with Gasteiger partial charge in [-0.25, -0.2) is 0 Å². The Labute approximate surface area is 284 Å². The Kier molecular flexibility index (Phi) is 7.07. The molecule has 0 bridgehead atoms. The minimum absolute atomic E-state index is 1.12. The predicted molar refractivity (Wildman–Crippen MR) is 208 cm³/mol. The third-order valence-electron chi connectivity index (χ3n) is 9.24. The molecule has 0 spiro atoms. The molecule has 9 aromatic rings. The molecule has 226 valence electrons. The van der Waals surface area contributed by atoms with Crippen LogP contribution in [0.5, 0.6) is 0 Å². The lowest BCUT2D eigenvalue weighted by molar-refractivity contribution is 1.29. The number of fused-ring (bicyclic) bond motifs is 4. The number of benzene rings is 8. The minimum Gasteiger partial charge on any atom is -0.310 e. The van der Waals surface area contributed by atoms with Crippen molar-refractivity contribution in [1.29, 1.82) is 0 Å². The fourth-order valence-electron chi connectivity index (χ4n) is 6.81. The summed E-state index contributed by atoms with van der Waals surface area (Å²) < 4.78 is 2.61. The average Bonchev–Trinajstić information content (AvgIpc) is 3.54. The van der Waals surface area contributed by atoms with Crippen LogP contribution < -0.4 is 4.90 Å². The van der Waals surface area contributed by atoms with E-state index in [2.05, 4.69) is 193 Å². The summed E-state index contributed by atoms with van der Waals surface area (Å²) >= 11 is 1.86. The van der Waals surface area contributed by atoms with Crippen LogP contribution in [0.3, 0.4) is 0 Å². The first-order valence-electron chi connectivity index (χ1n) is 16.3. The van der Waals surface area contributed by atoms with Gasteiger partial charge in [0.05, 0.1) is 0 Å². The van der Waals surface area contributed by atoms with Crippen molar-refractivity contribution >= 4 is 59.3 Å². The molecule has 0 saturated carbocycles. The normalized spacial score (nSPS) is 11.3. The van der Waals surface area contributed by atoms with Crippen LogP contribution in [-0.4, -0.2) is 0 Å². The lowest BCUT2D eigenvalue weighted by Crippen LogP contribution is -2.09. The molecule has 0 unspecified atom stereocenters. The fourth-order valence-corrected chi connectivity index (χ4v) is 7.95. The molecule has 0 fully saturated rings. The van der Waals surface area contributed by atoms with Crippen molar-refractivity contribution in [2.75, 3.05) is 4.90 Å². The molecule has 0 aliphatic heterocycles. The van der Waals surface area contributed by atoms with Crippen LogP contribution in [0.4, 0.5) is 17.1 Å². The SMILES string of the molecule is c1ccc(-c2cccc(-c3ccc(N(c4cccc(-c5ccc6ccccc6c5)c4)c4ccc5c(c4)sc4ccccc45)cc3)c2)cc1. The predicted octanol–water partition coefficient (Wildman–Crippen LogP) is 13.7. The smallest absolute Gasteiger partial charge is 0.0476 e. The highest BCUT2D eigenvalue weighted by Gasteiger charge is 2.16. The zero-order chi connectivity index (χ0) is 31.9. The Morgan fingerprint density at radius 2 is 0.854 bits per heavy atom. The van der Waals surface area contributed by atoms with Crippen molar-refractivity contribution in [3.63, 3.8) is 0 Å². The van der Waals surface area contributed by atoms with E-state index in [1.54, 1.807) is 0 Å². The first-order valence-corrected chi connectivity index (χ1v) is 17.2. The molecule has 8 aromatic carbocycles. The molecule has 1 nitrogen and oxygen atoms in total. The highest BCUT2D eigenvalue weighted by Crippen LogP contribution is 2.42. The molecule has 2 heteroatoms. The van der Waals surface area contributed by atoms with E-state index in [0.29, 0.717) is 0 Å². The number of rotatable bonds is 6. The van der Waals surface area contributed by atoms with E-state index in [1.165, 1.54) is 64.3 Å². The summed E-state index contributed by atoms with van der Waals surface area (Å²) in [6.07, 6.45) is 0. The number of nitrogens with zero attached hydrogens (tertiary/aromatic N) is 1. The van der Waals surface area contributed by atoms with Gasteiger partial charge in [-0.15, -0.1) is 11.3 Å². The highest BCUT2D eigenvalue weighted by molar-refractivity contribution is 7.25. The maximum atomic E-state index is 2.39. The van der Waals surface area contributed by atoms with Crippen molar-refractivity contribution in [3.8, 4) is 33.4 Å². The topological polar surface area (TPSA) is 3.24 Å². The zero-order valence-electron chi connectivity index (χ0n) is 26.3. The first-order chi connectivity index (χ1) is 23.8.